The van der Waals surface area contributed by atoms with E-state index in [1.807, 2.05) is 0 Å². The fourth-order valence-electron chi connectivity index (χ4n) is 1.87. The maximum absolute atomic E-state index is 13.1. The lowest BCUT2D eigenvalue weighted by Gasteiger charge is -2.14. The molecule has 0 amide bonds. The average Bonchev–Trinajstić information content (AvgIpc) is 2.59. The van der Waals surface area contributed by atoms with Crippen LogP contribution >= 0.6 is 0 Å². The second-order valence-corrected chi connectivity index (χ2v) is 6.76. The molecule has 0 spiro atoms. The van der Waals surface area contributed by atoms with Gasteiger partial charge in [0.2, 0.25) is 0 Å². The minimum atomic E-state index is -3.77. The molecule has 0 saturated heterocycles. The molecule has 0 aromatic heterocycles. The molecule has 0 bridgehead atoms. The first-order valence-electron chi connectivity index (χ1n) is 6.89. The Kier molecular flexibility index (Phi) is 5.66. The minimum absolute atomic E-state index is 0.0199. The summed E-state index contributed by atoms with van der Waals surface area (Å²) in [5, 5.41) is 0. The number of halogens is 1. The molecular weight excluding hydrogens is 337 g/mol. The van der Waals surface area contributed by atoms with Gasteiger partial charge in [-0.15, -0.1) is 0 Å². The molecule has 0 aliphatic heterocycles. The van der Waals surface area contributed by atoms with E-state index < -0.39 is 21.8 Å². The molecule has 2 aromatic carbocycles. The van der Waals surface area contributed by atoms with Crippen molar-refractivity contribution < 1.29 is 27.2 Å². The number of benzene rings is 2. The molecule has 2 rings (SSSR count). The zero-order chi connectivity index (χ0) is 17.7. The standard InChI is InChI=1S/C16H16FNO5S/c1-18(22-2)24(20,21)15-8-6-13(7-9-15)16(19)23-11-12-4-3-5-14(17)10-12/h3-10H,11H2,1-2H3. The van der Waals surface area contributed by atoms with Gasteiger partial charge < -0.3 is 4.74 Å². The van der Waals surface area contributed by atoms with Gasteiger partial charge in [0.15, 0.2) is 0 Å². The first kappa shape index (κ1) is 18.1. The summed E-state index contributed by atoms with van der Waals surface area (Å²) in [6, 6.07) is 10.9. The highest BCUT2D eigenvalue weighted by atomic mass is 32.2. The van der Waals surface area contributed by atoms with Gasteiger partial charge in [0, 0.05) is 7.05 Å². The number of nitrogens with zero attached hydrogens (tertiary/aromatic N) is 1. The molecule has 0 unspecified atom stereocenters. The van der Waals surface area contributed by atoms with E-state index in [9.17, 15) is 17.6 Å². The average molecular weight is 353 g/mol. The van der Waals surface area contributed by atoms with Crippen molar-refractivity contribution in [3.8, 4) is 0 Å². The molecule has 0 radical (unpaired) electrons. The van der Waals surface area contributed by atoms with Crippen molar-refractivity contribution in [2.75, 3.05) is 14.2 Å². The van der Waals surface area contributed by atoms with Crippen LogP contribution in [0.3, 0.4) is 0 Å². The Morgan fingerprint density at radius 1 is 1.17 bits per heavy atom. The van der Waals surface area contributed by atoms with Crippen molar-refractivity contribution in [2.45, 2.75) is 11.5 Å². The summed E-state index contributed by atoms with van der Waals surface area (Å²) in [7, 11) is -1.28. The van der Waals surface area contributed by atoms with E-state index in [0.717, 1.165) is 0 Å². The number of ether oxygens (including phenoxy) is 1. The van der Waals surface area contributed by atoms with Crippen LogP contribution in [-0.4, -0.2) is 33.0 Å². The highest BCUT2D eigenvalue weighted by Gasteiger charge is 2.21. The summed E-state index contributed by atoms with van der Waals surface area (Å²) in [5.41, 5.74) is 0.703. The van der Waals surface area contributed by atoms with Crippen LogP contribution in [-0.2, 0) is 26.2 Å². The summed E-state index contributed by atoms with van der Waals surface area (Å²) in [6.45, 7) is -0.0803. The molecule has 24 heavy (non-hydrogen) atoms. The van der Waals surface area contributed by atoms with Gasteiger partial charge in [-0.3, -0.25) is 4.84 Å². The molecule has 0 N–H and O–H groups in total. The van der Waals surface area contributed by atoms with Crippen molar-refractivity contribution in [1.29, 1.82) is 0 Å². The molecule has 0 heterocycles. The summed E-state index contributed by atoms with van der Waals surface area (Å²) >= 11 is 0. The van der Waals surface area contributed by atoms with E-state index in [0.29, 0.717) is 10.0 Å². The second-order valence-electron chi connectivity index (χ2n) is 4.83. The number of sulfonamides is 1. The van der Waals surface area contributed by atoms with E-state index in [1.165, 1.54) is 56.6 Å². The lowest BCUT2D eigenvalue weighted by atomic mass is 10.2. The first-order chi connectivity index (χ1) is 11.3. The van der Waals surface area contributed by atoms with Gasteiger partial charge in [-0.05, 0) is 42.0 Å². The first-order valence-corrected chi connectivity index (χ1v) is 8.33. The monoisotopic (exact) mass is 353 g/mol. The molecule has 0 aliphatic rings. The molecule has 0 atom stereocenters. The Balaban J connectivity index is 2.06. The summed E-state index contributed by atoms with van der Waals surface area (Å²) < 4.78 is 42.9. The van der Waals surface area contributed by atoms with Crippen molar-refractivity contribution in [2.24, 2.45) is 0 Å². The third-order valence-electron chi connectivity index (χ3n) is 3.24. The third kappa shape index (κ3) is 4.16. The number of hydroxylamine groups is 1. The van der Waals surface area contributed by atoms with Gasteiger partial charge in [-0.2, -0.15) is 0 Å². The number of hydrogen-bond acceptors (Lipinski definition) is 5. The predicted octanol–water partition coefficient (Wildman–Crippen LogP) is 2.36. The van der Waals surface area contributed by atoms with Crippen LogP contribution in [0.15, 0.2) is 53.4 Å². The smallest absolute Gasteiger partial charge is 0.338 e. The van der Waals surface area contributed by atoms with Crippen LogP contribution in [0, 0.1) is 5.82 Å². The van der Waals surface area contributed by atoms with E-state index in [2.05, 4.69) is 4.84 Å². The number of rotatable bonds is 6. The lowest BCUT2D eigenvalue weighted by Crippen LogP contribution is -2.25. The van der Waals surface area contributed by atoms with Crippen LogP contribution in [0.2, 0.25) is 0 Å². The third-order valence-corrected chi connectivity index (χ3v) is 4.94. The maximum Gasteiger partial charge on any atom is 0.338 e. The van der Waals surface area contributed by atoms with Gasteiger partial charge in [0.25, 0.3) is 10.0 Å². The van der Waals surface area contributed by atoms with Crippen LogP contribution in [0.25, 0.3) is 0 Å². The number of esters is 1. The summed E-state index contributed by atoms with van der Waals surface area (Å²) in [5.74, 6) is -1.05. The van der Waals surface area contributed by atoms with Crippen LogP contribution in [0.4, 0.5) is 4.39 Å². The van der Waals surface area contributed by atoms with Crippen LogP contribution < -0.4 is 0 Å². The normalized spacial score (nSPS) is 11.5. The topological polar surface area (TPSA) is 72.9 Å². The van der Waals surface area contributed by atoms with Crippen molar-refractivity contribution in [3.05, 3.63) is 65.5 Å². The van der Waals surface area contributed by atoms with Crippen LogP contribution in [0.5, 0.6) is 0 Å². The Labute approximate surface area is 139 Å². The number of hydrogen-bond donors (Lipinski definition) is 0. The molecule has 0 fully saturated rings. The highest BCUT2D eigenvalue weighted by molar-refractivity contribution is 7.89. The van der Waals surface area contributed by atoms with Crippen LogP contribution in [0.1, 0.15) is 15.9 Å². The van der Waals surface area contributed by atoms with Crippen molar-refractivity contribution >= 4 is 16.0 Å². The van der Waals surface area contributed by atoms with Gasteiger partial charge in [-0.1, -0.05) is 16.6 Å². The lowest BCUT2D eigenvalue weighted by molar-refractivity contribution is -0.0258. The van der Waals surface area contributed by atoms with E-state index >= 15 is 0 Å². The summed E-state index contributed by atoms with van der Waals surface area (Å²) in [6.07, 6.45) is 0. The van der Waals surface area contributed by atoms with E-state index in [4.69, 9.17) is 4.74 Å². The minimum Gasteiger partial charge on any atom is -0.457 e. The Morgan fingerprint density at radius 3 is 2.42 bits per heavy atom. The fourth-order valence-corrected chi connectivity index (χ4v) is 2.84. The van der Waals surface area contributed by atoms with Gasteiger partial charge >= 0.3 is 5.97 Å². The fraction of sp³-hybridized carbons (Fsp3) is 0.188. The Bertz CT molecular complexity index is 821. The van der Waals surface area contributed by atoms with Gasteiger partial charge in [0.05, 0.1) is 17.6 Å². The molecule has 128 valence electrons. The van der Waals surface area contributed by atoms with Gasteiger partial charge in [-0.25, -0.2) is 17.6 Å². The van der Waals surface area contributed by atoms with E-state index in [-0.39, 0.29) is 17.1 Å². The number of carbonyl (C=O) groups excluding carboxylic acids is 1. The highest BCUT2D eigenvalue weighted by Crippen LogP contribution is 2.16. The second kappa shape index (κ2) is 7.52. The quantitative estimate of drug-likeness (QED) is 0.589. The maximum atomic E-state index is 13.1. The SMILES string of the molecule is CON(C)S(=O)(=O)c1ccc(C(=O)OCc2cccc(F)c2)cc1. The van der Waals surface area contributed by atoms with Gasteiger partial charge in [0.1, 0.15) is 12.4 Å². The molecule has 2 aromatic rings. The van der Waals surface area contributed by atoms with Crippen molar-refractivity contribution in [1.82, 2.24) is 4.47 Å². The van der Waals surface area contributed by atoms with Crippen molar-refractivity contribution in [3.63, 3.8) is 0 Å². The number of carbonyl (C=O) groups is 1. The zero-order valence-corrected chi connectivity index (χ0v) is 13.9. The molecule has 8 heteroatoms. The molecule has 0 aliphatic carbocycles. The predicted molar refractivity (Wildman–Crippen MR) is 83.9 cm³/mol. The molecule has 0 saturated carbocycles. The largest absolute Gasteiger partial charge is 0.457 e. The molecule has 6 nitrogen and oxygen atoms in total. The Hall–Kier alpha value is -2.29. The molecular formula is C16H16FNO5S. The Morgan fingerprint density at radius 2 is 1.83 bits per heavy atom. The summed E-state index contributed by atoms with van der Waals surface area (Å²) in [4.78, 5) is 16.6. The van der Waals surface area contributed by atoms with E-state index in [1.54, 1.807) is 6.07 Å². The zero-order valence-electron chi connectivity index (χ0n) is 13.1.